The molecule has 7 heteroatoms. The Morgan fingerprint density at radius 2 is 2.16 bits per heavy atom. The van der Waals surface area contributed by atoms with E-state index in [1.165, 1.54) is 0 Å². The highest BCUT2D eigenvalue weighted by Crippen LogP contribution is 2.24. The zero-order valence-electron chi connectivity index (χ0n) is 14.3. The van der Waals surface area contributed by atoms with Gasteiger partial charge >= 0.3 is 6.03 Å². The van der Waals surface area contributed by atoms with Crippen molar-refractivity contribution in [3.8, 4) is 0 Å². The topological polar surface area (TPSA) is 66.5 Å². The molecule has 1 fully saturated rings. The van der Waals surface area contributed by atoms with Gasteiger partial charge in [0.05, 0.1) is 12.3 Å². The third kappa shape index (κ3) is 2.98. The Hall–Kier alpha value is -2.80. The first kappa shape index (κ1) is 15.7. The van der Waals surface area contributed by atoms with E-state index >= 15 is 0 Å². The molecule has 7 nitrogen and oxygen atoms in total. The minimum absolute atomic E-state index is 0.0899. The molecule has 0 unspecified atom stereocenters. The lowest BCUT2D eigenvalue weighted by atomic mass is 10.1. The average molecular weight is 339 g/mol. The normalized spacial score (nSPS) is 18.6. The van der Waals surface area contributed by atoms with E-state index in [4.69, 9.17) is 4.42 Å². The lowest BCUT2D eigenvalue weighted by Crippen LogP contribution is -2.50. The zero-order valence-corrected chi connectivity index (χ0v) is 14.3. The molecule has 1 aromatic carbocycles. The molecular weight excluding hydrogens is 318 g/mol. The number of carbonyl (C=O) groups is 1. The number of aromatic nitrogens is 2. The summed E-state index contributed by atoms with van der Waals surface area (Å²) < 4.78 is 7.40. The molecule has 2 aromatic heterocycles. The molecule has 3 heterocycles. The second-order valence-electron chi connectivity index (χ2n) is 6.44. The summed E-state index contributed by atoms with van der Waals surface area (Å²) in [6, 6.07) is 7.57. The standard InChI is InChI=1S/C18H21N5O2/c1-21-8-9-23(12-15(21)17-19-6-7-22(17)2)18(24)20-14-4-3-13-5-10-25-16(13)11-14/h3-7,10-11,15H,8-9,12H2,1-2H3,(H,20,24)/t15-/m1/s1. The molecule has 4 rings (SSSR count). The molecule has 1 saturated heterocycles. The minimum Gasteiger partial charge on any atom is -0.464 e. The molecule has 1 aliphatic heterocycles. The number of nitrogens with zero attached hydrogens (tertiary/aromatic N) is 4. The molecule has 0 radical (unpaired) electrons. The Morgan fingerprint density at radius 3 is 2.96 bits per heavy atom. The summed E-state index contributed by atoms with van der Waals surface area (Å²) in [5, 5.41) is 3.99. The van der Waals surface area contributed by atoms with Crippen molar-refractivity contribution in [2.75, 3.05) is 32.0 Å². The van der Waals surface area contributed by atoms with E-state index in [2.05, 4.69) is 22.2 Å². The van der Waals surface area contributed by atoms with Crippen LogP contribution in [0.15, 0.2) is 47.3 Å². The van der Waals surface area contributed by atoms with Crippen LogP contribution in [-0.2, 0) is 7.05 Å². The zero-order chi connectivity index (χ0) is 17.4. The summed E-state index contributed by atoms with van der Waals surface area (Å²) in [5.74, 6) is 0.969. The van der Waals surface area contributed by atoms with Crippen LogP contribution in [0, 0.1) is 0 Å². The van der Waals surface area contributed by atoms with E-state index in [-0.39, 0.29) is 12.1 Å². The van der Waals surface area contributed by atoms with Crippen LogP contribution < -0.4 is 5.32 Å². The molecule has 0 saturated carbocycles. The molecule has 1 atom stereocenters. The maximum Gasteiger partial charge on any atom is 0.321 e. The van der Waals surface area contributed by atoms with E-state index in [1.807, 2.05) is 47.0 Å². The molecule has 1 N–H and O–H groups in total. The maximum absolute atomic E-state index is 12.7. The Kier molecular flexibility index (Phi) is 3.93. The number of urea groups is 1. The van der Waals surface area contributed by atoms with Crippen LogP contribution in [0.4, 0.5) is 10.5 Å². The number of imidazole rings is 1. The first-order valence-electron chi connectivity index (χ1n) is 8.32. The second kappa shape index (κ2) is 6.25. The van der Waals surface area contributed by atoms with Crippen molar-refractivity contribution in [2.45, 2.75) is 6.04 Å². The molecular formula is C18H21N5O2. The highest BCUT2D eigenvalue weighted by atomic mass is 16.3. The summed E-state index contributed by atoms with van der Waals surface area (Å²) in [6.45, 7) is 2.10. The number of hydrogen-bond acceptors (Lipinski definition) is 4. The smallest absolute Gasteiger partial charge is 0.321 e. The van der Waals surface area contributed by atoms with Gasteiger partial charge in [-0.15, -0.1) is 0 Å². The monoisotopic (exact) mass is 339 g/mol. The molecule has 25 heavy (non-hydrogen) atoms. The van der Waals surface area contributed by atoms with Gasteiger partial charge in [-0.3, -0.25) is 4.90 Å². The predicted molar refractivity (Wildman–Crippen MR) is 95.4 cm³/mol. The van der Waals surface area contributed by atoms with Crippen LogP contribution >= 0.6 is 0 Å². The van der Waals surface area contributed by atoms with Crippen LogP contribution in [0.3, 0.4) is 0 Å². The molecule has 2 amide bonds. The van der Waals surface area contributed by atoms with Gasteiger partial charge in [0.2, 0.25) is 0 Å². The predicted octanol–water partition coefficient (Wildman–Crippen LogP) is 2.69. The number of hydrogen-bond donors (Lipinski definition) is 1. The lowest BCUT2D eigenvalue weighted by molar-refractivity contribution is 0.110. The number of anilines is 1. The van der Waals surface area contributed by atoms with Crippen molar-refractivity contribution in [3.05, 3.63) is 48.7 Å². The molecule has 0 bridgehead atoms. The molecule has 1 aliphatic rings. The summed E-state index contributed by atoms with van der Waals surface area (Å²) in [6.07, 6.45) is 5.37. The number of fused-ring (bicyclic) bond motifs is 1. The summed E-state index contributed by atoms with van der Waals surface area (Å²) in [4.78, 5) is 21.2. The Morgan fingerprint density at radius 1 is 1.28 bits per heavy atom. The van der Waals surface area contributed by atoms with Gasteiger partial charge < -0.3 is 19.2 Å². The maximum atomic E-state index is 12.7. The number of carbonyl (C=O) groups excluding carboxylic acids is 1. The van der Waals surface area contributed by atoms with Crippen LogP contribution in [0.1, 0.15) is 11.9 Å². The number of piperazine rings is 1. The van der Waals surface area contributed by atoms with Gasteiger partial charge in [-0.25, -0.2) is 9.78 Å². The summed E-state index contributed by atoms with van der Waals surface area (Å²) in [5.41, 5.74) is 1.50. The van der Waals surface area contributed by atoms with Crippen molar-refractivity contribution < 1.29 is 9.21 Å². The van der Waals surface area contributed by atoms with E-state index in [0.29, 0.717) is 13.1 Å². The Bertz CT molecular complexity index is 900. The van der Waals surface area contributed by atoms with Crippen molar-refractivity contribution in [2.24, 2.45) is 7.05 Å². The van der Waals surface area contributed by atoms with E-state index in [0.717, 1.165) is 29.0 Å². The van der Waals surface area contributed by atoms with E-state index in [9.17, 15) is 4.79 Å². The molecule has 0 spiro atoms. The first-order chi connectivity index (χ1) is 12.1. The van der Waals surface area contributed by atoms with Crippen LogP contribution in [-0.4, -0.2) is 52.1 Å². The molecule has 130 valence electrons. The molecule has 0 aliphatic carbocycles. The fourth-order valence-corrected chi connectivity index (χ4v) is 3.27. The lowest BCUT2D eigenvalue weighted by Gasteiger charge is -2.38. The van der Waals surface area contributed by atoms with Gasteiger partial charge in [0, 0.05) is 56.2 Å². The van der Waals surface area contributed by atoms with Gasteiger partial charge in [0.1, 0.15) is 11.4 Å². The second-order valence-corrected chi connectivity index (χ2v) is 6.44. The highest BCUT2D eigenvalue weighted by molar-refractivity contribution is 5.92. The number of likely N-dealkylation sites (N-methyl/N-ethyl adjacent to an activating group) is 1. The van der Waals surface area contributed by atoms with Crippen molar-refractivity contribution in [1.29, 1.82) is 0 Å². The van der Waals surface area contributed by atoms with Gasteiger partial charge in [0.25, 0.3) is 0 Å². The quantitative estimate of drug-likeness (QED) is 0.779. The van der Waals surface area contributed by atoms with Gasteiger partial charge in [-0.1, -0.05) is 0 Å². The number of furan rings is 1. The largest absolute Gasteiger partial charge is 0.464 e. The third-order valence-electron chi connectivity index (χ3n) is 4.80. The average Bonchev–Trinajstić information content (AvgIpc) is 3.23. The summed E-state index contributed by atoms with van der Waals surface area (Å²) >= 11 is 0. The van der Waals surface area contributed by atoms with Crippen molar-refractivity contribution >= 4 is 22.7 Å². The van der Waals surface area contributed by atoms with Crippen LogP contribution in [0.25, 0.3) is 11.0 Å². The minimum atomic E-state index is -0.0989. The van der Waals surface area contributed by atoms with Gasteiger partial charge in [-0.05, 0) is 25.2 Å². The number of aryl methyl sites for hydroxylation is 1. The number of nitrogens with one attached hydrogen (secondary N) is 1. The third-order valence-corrected chi connectivity index (χ3v) is 4.80. The molecule has 3 aromatic rings. The van der Waals surface area contributed by atoms with Crippen molar-refractivity contribution in [1.82, 2.24) is 19.4 Å². The van der Waals surface area contributed by atoms with E-state index < -0.39 is 0 Å². The van der Waals surface area contributed by atoms with Gasteiger partial charge in [0.15, 0.2) is 0 Å². The number of amides is 2. The van der Waals surface area contributed by atoms with Crippen LogP contribution in [0.5, 0.6) is 0 Å². The van der Waals surface area contributed by atoms with E-state index in [1.54, 1.807) is 12.5 Å². The first-order valence-corrected chi connectivity index (χ1v) is 8.32. The Balaban J connectivity index is 1.49. The highest BCUT2D eigenvalue weighted by Gasteiger charge is 2.30. The van der Waals surface area contributed by atoms with Crippen molar-refractivity contribution in [3.63, 3.8) is 0 Å². The SMILES string of the molecule is CN1CCN(C(=O)Nc2ccc3ccoc3c2)C[C@@H]1c1nccn1C. The fraction of sp³-hybridized carbons (Fsp3) is 0.333. The van der Waals surface area contributed by atoms with Crippen LogP contribution in [0.2, 0.25) is 0 Å². The Labute approximate surface area is 145 Å². The number of benzene rings is 1. The number of rotatable bonds is 2. The summed E-state index contributed by atoms with van der Waals surface area (Å²) in [7, 11) is 4.05. The van der Waals surface area contributed by atoms with Gasteiger partial charge in [-0.2, -0.15) is 0 Å². The fourth-order valence-electron chi connectivity index (χ4n) is 3.27.